The highest BCUT2D eigenvalue weighted by molar-refractivity contribution is 5.97. The summed E-state index contributed by atoms with van der Waals surface area (Å²) in [5, 5.41) is 22.8. The fourth-order valence-corrected chi connectivity index (χ4v) is 8.54. The van der Waals surface area contributed by atoms with E-state index < -0.39 is 69.7 Å². The molecule has 2 aliphatic heterocycles. The van der Waals surface area contributed by atoms with Crippen molar-refractivity contribution in [1.82, 2.24) is 0 Å². The number of hydrogen-bond donors (Lipinski definition) is 2. The van der Waals surface area contributed by atoms with E-state index in [0.29, 0.717) is 0 Å². The molecule has 0 aromatic heterocycles. The molecule has 8 heteroatoms. The van der Waals surface area contributed by atoms with Gasteiger partial charge in [0.25, 0.3) is 0 Å². The minimum absolute atomic E-state index is 0.00114. The first-order valence-electron chi connectivity index (χ1n) is 11.8. The Labute approximate surface area is 192 Å². The van der Waals surface area contributed by atoms with Crippen LogP contribution in [0, 0.1) is 39.9 Å². The largest absolute Gasteiger partial charge is 0.465 e. The summed E-state index contributed by atoms with van der Waals surface area (Å²) in [6.07, 6.45) is 1.54. The summed E-state index contributed by atoms with van der Waals surface area (Å²) in [7, 11) is 0. The van der Waals surface area contributed by atoms with E-state index in [1.165, 1.54) is 12.2 Å². The number of aliphatic hydroxyl groups excluding tert-OH is 1. The highest BCUT2D eigenvalue weighted by Gasteiger charge is 2.75. The molecule has 2 saturated carbocycles. The maximum absolute atomic E-state index is 13.8. The van der Waals surface area contributed by atoms with Crippen molar-refractivity contribution in [3.63, 3.8) is 0 Å². The van der Waals surface area contributed by atoms with Crippen molar-refractivity contribution in [2.75, 3.05) is 6.61 Å². The molecule has 0 amide bonds. The molecule has 0 spiro atoms. The number of Topliss-reactive ketones (excluding diaryl/α,β-unsaturated/α-hetero) is 1. The van der Waals surface area contributed by atoms with Crippen LogP contribution in [-0.2, 0) is 28.7 Å². The van der Waals surface area contributed by atoms with Gasteiger partial charge in [0.1, 0.15) is 18.5 Å². The number of ketones is 2. The highest BCUT2D eigenvalue weighted by atomic mass is 16.5. The molecule has 0 aromatic carbocycles. The van der Waals surface area contributed by atoms with E-state index >= 15 is 0 Å². The molecule has 0 aromatic rings. The van der Waals surface area contributed by atoms with Crippen LogP contribution < -0.4 is 0 Å². The zero-order valence-electron chi connectivity index (χ0n) is 19.5. The molecule has 5 aliphatic rings. The Bertz CT molecular complexity index is 983. The predicted octanol–water partition coefficient (Wildman–Crippen LogP) is 1.36. The molecule has 8 nitrogen and oxygen atoms in total. The van der Waals surface area contributed by atoms with Crippen LogP contribution in [-0.4, -0.2) is 58.1 Å². The second-order valence-corrected chi connectivity index (χ2v) is 11.7. The number of carbonyl (C=O) groups excluding carboxylic acids is 4. The number of cyclic esters (lactones) is 1. The van der Waals surface area contributed by atoms with Crippen LogP contribution in [0.5, 0.6) is 0 Å². The molecule has 180 valence electrons. The quantitative estimate of drug-likeness (QED) is 0.592. The Kier molecular flexibility index (Phi) is 4.65. The number of hydrogen-bond acceptors (Lipinski definition) is 8. The smallest absolute Gasteiger partial charge is 0.306 e. The molecule has 0 radical (unpaired) electrons. The van der Waals surface area contributed by atoms with Crippen LogP contribution in [0.3, 0.4) is 0 Å². The standard InChI is InChI=1S/C25H32O8/c1-22(21(30)12-7-18(28)32-11-12)10-13(26)20-24(3)15(23(2,31)6-5-16(24)27)8-17-25(20,4)14(22)9-19(29)33-17/h5-6,12-15,17,20,26,31H,7-11H2,1-4H3. The lowest BCUT2D eigenvalue weighted by Crippen LogP contribution is -2.74. The summed E-state index contributed by atoms with van der Waals surface area (Å²) in [4.78, 5) is 51.6. The van der Waals surface area contributed by atoms with Crippen LogP contribution in [0.25, 0.3) is 0 Å². The molecule has 2 heterocycles. The van der Waals surface area contributed by atoms with Crippen molar-refractivity contribution in [3.8, 4) is 0 Å². The van der Waals surface area contributed by atoms with E-state index in [1.54, 1.807) is 20.8 Å². The zero-order valence-corrected chi connectivity index (χ0v) is 19.5. The molecule has 2 N–H and O–H groups in total. The Balaban J connectivity index is 1.65. The summed E-state index contributed by atoms with van der Waals surface area (Å²) in [5.41, 5.74) is -4.33. The van der Waals surface area contributed by atoms with Crippen molar-refractivity contribution in [2.45, 2.75) is 71.2 Å². The number of fused-ring (bicyclic) bond motifs is 2. The molecule has 0 bridgehead atoms. The second kappa shape index (κ2) is 6.75. The molecule has 33 heavy (non-hydrogen) atoms. The first-order valence-corrected chi connectivity index (χ1v) is 11.8. The Morgan fingerprint density at radius 3 is 2.39 bits per heavy atom. The SMILES string of the molecule is CC1(O)C=CC(=O)C2(C)C1CC1OC(=O)CC3C(C)(C(=O)C4COC(=O)C4)CC(O)C2C13C. The zero-order chi connectivity index (χ0) is 24.1. The second-order valence-electron chi connectivity index (χ2n) is 11.7. The maximum Gasteiger partial charge on any atom is 0.306 e. The van der Waals surface area contributed by atoms with Gasteiger partial charge >= 0.3 is 11.9 Å². The van der Waals surface area contributed by atoms with Gasteiger partial charge in [0.2, 0.25) is 0 Å². The van der Waals surface area contributed by atoms with Crippen LogP contribution in [0.15, 0.2) is 12.2 Å². The number of allylic oxidation sites excluding steroid dienone is 1. The van der Waals surface area contributed by atoms with Crippen molar-refractivity contribution in [3.05, 3.63) is 12.2 Å². The Morgan fingerprint density at radius 1 is 1.06 bits per heavy atom. The lowest BCUT2D eigenvalue weighted by Gasteiger charge is -2.69. The van der Waals surface area contributed by atoms with Crippen LogP contribution in [0.4, 0.5) is 0 Å². The third kappa shape index (κ3) is 2.77. The van der Waals surface area contributed by atoms with Gasteiger partial charge in [-0.05, 0) is 37.8 Å². The Morgan fingerprint density at radius 2 is 1.76 bits per heavy atom. The Hall–Kier alpha value is -2.06. The first-order chi connectivity index (χ1) is 15.3. The minimum atomic E-state index is -1.30. The monoisotopic (exact) mass is 460 g/mol. The van der Waals surface area contributed by atoms with E-state index in [2.05, 4.69) is 0 Å². The third-order valence-electron chi connectivity index (χ3n) is 9.97. The summed E-state index contributed by atoms with van der Waals surface area (Å²) in [5.74, 6) is -3.44. The molecule has 10 unspecified atom stereocenters. The molecular weight excluding hydrogens is 428 g/mol. The molecule has 5 rings (SSSR count). The van der Waals surface area contributed by atoms with Crippen LogP contribution in [0.1, 0.15) is 53.4 Å². The maximum atomic E-state index is 13.8. The molecule has 2 saturated heterocycles. The van der Waals surface area contributed by atoms with Gasteiger partial charge in [-0.3, -0.25) is 19.2 Å². The number of carbonyl (C=O) groups is 4. The van der Waals surface area contributed by atoms with E-state index in [4.69, 9.17) is 9.47 Å². The van der Waals surface area contributed by atoms with Crippen LogP contribution in [0.2, 0.25) is 0 Å². The average Bonchev–Trinajstić information content (AvgIpc) is 3.15. The predicted molar refractivity (Wildman–Crippen MR) is 113 cm³/mol. The van der Waals surface area contributed by atoms with E-state index in [-0.39, 0.29) is 43.9 Å². The van der Waals surface area contributed by atoms with Gasteiger partial charge in [-0.2, -0.15) is 0 Å². The number of aliphatic hydroxyl groups is 2. The number of rotatable bonds is 2. The fraction of sp³-hybridized carbons (Fsp3) is 0.760. The van der Waals surface area contributed by atoms with Gasteiger partial charge in [-0.15, -0.1) is 0 Å². The third-order valence-corrected chi connectivity index (χ3v) is 9.97. The number of ether oxygens (including phenoxy) is 2. The van der Waals surface area contributed by atoms with Crippen molar-refractivity contribution >= 4 is 23.5 Å². The van der Waals surface area contributed by atoms with E-state index in [9.17, 15) is 29.4 Å². The van der Waals surface area contributed by atoms with Gasteiger partial charge in [0, 0.05) is 34.5 Å². The molecule has 10 atom stereocenters. The molecule has 4 fully saturated rings. The van der Waals surface area contributed by atoms with Crippen molar-refractivity contribution < 1.29 is 38.9 Å². The lowest BCUT2D eigenvalue weighted by atomic mass is 9.35. The fourth-order valence-electron chi connectivity index (χ4n) is 8.54. The van der Waals surface area contributed by atoms with Gasteiger partial charge < -0.3 is 19.7 Å². The topological polar surface area (TPSA) is 127 Å². The summed E-state index contributed by atoms with van der Waals surface area (Å²) < 4.78 is 10.9. The normalized spacial score (nSPS) is 53.1. The van der Waals surface area contributed by atoms with Gasteiger partial charge in [-0.25, -0.2) is 0 Å². The van der Waals surface area contributed by atoms with Crippen molar-refractivity contribution in [2.24, 2.45) is 39.9 Å². The molecular formula is C25H32O8. The minimum Gasteiger partial charge on any atom is -0.465 e. The van der Waals surface area contributed by atoms with E-state index in [0.717, 1.165) is 0 Å². The average molecular weight is 461 g/mol. The first kappa shape index (κ1) is 22.7. The van der Waals surface area contributed by atoms with Gasteiger partial charge in [-0.1, -0.05) is 20.8 Å². The van der Waals surface area contributed by atoms with Crippen molar-refractivity contribution in [1.29, 1.82) is 0 Å². The lowest BCUT2D eigenvalue weighted by molar-refractivity contribution is -0.276. The molecule has 3 aliphatic carbocycles. The van der Waals surface area contributed by atoms with E-state index in [1.807, 2.05) is 6.92 Å². The van der Waals surface area contributed by atoms with Crippen LogP contribution >= 0.6 is 0 Å². The number of esters is 2. The summed E-state index contributed by atoms with van der Waals surface area (Å²) in [6, 6.07) is 0. The summed E-state index contributed by atoms with van der Waals surface area (Å²) in [6.45, 7) is 7.15. The highest BCUT2D eigenvalue weighted by Crippen LogP contribution is 2.70. The summed E-state index contributed by atoms with van der Waals surface area (Å²) >= 11 is 0. The van der Waals surface area contributed by atoms with Gasteiger partial charge in [0.05, 0.1) is 24.0 Å². The van der Waals surface area contributed by atoms with Gasteiger partial charge in [0.15, 0.2) is 5.78 Å².